The Morgan fingerprint density at radius 3 is 3.11 bits per heavy atom. The van der Waals surface area contributed by atoms with Gasteiger partial charge < -0.3 is 15.3 Å². The maximum atomic E-state index is 12.4. The van der Waals surface area contributed by atoms with Gasteiger partial charge >= 0.3 is 0 Å². The molecule has 1 saturated heterocycles. The molecule has 2 rings (SSSR count). The van der Waals surface area contributed by atoms with Crippen LogP contribution in [0.4, 0.5) is 5.82 Å². The molecule has 1 atom stereocenters. The third-order valence-corrected chi connectivity index (χ3v) is 3.51. The molecule has 0 aliphatic carbocycles. The van der Waals surface area contributed by atoms with Crippen molar-refractivity contribution in [3.8, 4) is 0 Å². The number of aliphatic hydroxyl groups is 1. The smallest absolute Gasteiger partial charge is 0.257 e. The van der Waals surface area contributed by atoms with E-state index in [1.807, 2.05) is 0 Å². The standard InChI is InChI=1S/C13H18BrN3O2/c1-2-4-15-12-11(6-9(14)7-16-12)13(19)17-5-3-10(18)8-17/h6-7,10,18H,2-5,8H2,1H3,(H,15,16). The minimum atomic E-state index is -0.406. The predicted octanol–water partition coefficient (Wildman–Crippen LogP) is 1.87. The van der Waals surface area contributed by atoms with E-state index in [1.54, 1.807) is 17.2 Å². The average Bonchev–Trinajstić information content (AvgIpc) is 2.83. The number of pyridine rings is 1. The number of aromatic nitrogens is 1. The van der Waals surface area contributed by atoms with Crippen LogP contribution in [0.1, 0.15) is 30.1 Å². The molecule has 1 aliphatic heterocycles. The third-order valence-electron chi connectivity index (χ3n) is 3.08. The second-order valence-electron chi connectivity index (χ2n) is 4.67. The van der Waals surface area contributed by atoms with Crippen LogP contribution in [0, 0.1) is 0 Å². The van der Waals surface area contributed by atoms with E-state index in [0.29, 0.717) is 30.9 Å². The summed E-state index contributed by atoms with van der Waals surface area (Å²) < 4.78 is 0.776. The van der Waals surface area contributed by atoms with Crippen molar-refractivity contribution in [3.05, 3.63) is 22.3 Å². The van der Waals surface area contributed by atoms with Crippen LogP contribution in [0.3, 0.4) is 0 Å². The van der Waals surface area contributed by atoms with Crippen molar-refractivity contribution in [3.63, 3.8) is 0 Å². The van der Waals surface area contributed by atoms with Crippen LogP contribution in [-0.2, 0) is 0 Å². The lowest BCUT2D eigenvalue weighted by Crippen LogP contribution is -2.30. The SMILES string of the molecule is CCCNc1ncc(Br)cc1C(=O)N1CCC(O)C1. The second-order valence-corrected chi connectivity index (χ2v) is 5.59. The fourth-order valence-electron chi connectivity index (χ4n) is 2.08. The number of rotatable bonds is 4. The highest BCUT2D eigenvalue weighted by atomic mass is 79.9. The number of amides is 1. The van der Waals surface area contributed by atoms with E-state index in [2.05, 4.69) is 33.2 Å². The highest BCUT2D eigenvalue weighted by Crippen LogP contribution is 2.22. The van der Waals surface area contributed by atoms with Crippen molar-refractivity contribution in [1.82, 2.24) is 9.88 Å². The molecule has 0 radical (unpaired) electrons. The molecule has 6 heteroatoms. The second kappa shape index (κ2) is 6.34. The number of nitrogens with zero attached hydrogens (tertiary/aromatic N) is 2. The number of aliphatic hydroxyl groups excluding tert-OH is 1. The fraction of sp³-hybridized carbons (Fsp3) is 0.538. The molecule has 1 aliphatic rings. The van der Waals surface area contributed by atoms with Gasteiger partial charge in [0.2, 0.25) is 0 Å². The summed E-state index contributed by atoms with van der Waals surface area (Å²) in [5.41, 5.74) is 0.553. The number of carbonyl (C=O) groups excluding carboxylic acids is 1. The minimum Gasteiger partial charge on any atom is -0.391 e. The average molecular weight is 328 g/mol. The molecule has 0 saturated carbocycles. The van der Waals surface area contributed by atoms with Crippen molar-refractivity contribution in [2.45, 2.75) is 25.9 Å². The number of carbonyl (C=O) groups is 1. The molecule has 1 fully saturated rings. The van der Waals surface area contributed by atoms with Gasteiger partial charge in [-0.2, -0.15) is 0 Å². The number of hydrogen-bond donors (Lipinski definition) is 2. The normalized spacial score (nSPS) is 18.7. The topological polar surface area (TPSA) is 65.5 Å². The van der Waals surface area contributed by atoms with Crippen molar-refractivity contribution >= 4 is 27.7 Å². The Kier molecular flexibility index (Phi) is 4.76. The van der Waals surface area contributed by atoms with Gasteiger partial charge in [-0.1, -0.05) is 6.92 Å². The first-order valence-electron chi connectivity index (χ1n) is 6.48. The van der Waals surface area contributed by atoms with Crippen LogP contribution in [0.2, 0.25) is 0 Å². The van der Waals surface area contributed by atoms with Gasteiger partial charge in [0.1, 0.15) is 5.82 Å². The van der Waals surface area contributed by atoms with Gasteiger partial charge in [0, 0.05) is 30.3 Å². The molecule has 1 aromatic rings. The molecule has 0 bridgehead atoms. The molecule has 5 nitrogen and oxygen atoms in total. The van der Waals surface area contributed by atoms with E-state index in [1.165, 1.54) is 0 Å². The first kappa shape index (κ1) is 14.3. The molecule has 1 aromatic heterocycles. The van der Waals surface area contributed by atoms with E-state index >= 15 is 0 Å². The van der Waals surface area contributed by atoms with E-state index in [4.69, 9.17) is 0 Å². The van der Waals surface area contributed by atoms with Crippen molar-refractivity contribution < 1.29 is 9.90 Å². The van der Waals surface area contributed by atoms with E-state index in [-0.39, 0.29) is 5.91 Å². The minimum absolute atomic E-state index is 0.0797. The highest BCUT2D eigenvalue weighted by molar-refractivity contribution is 9.10. The largest absolute Gasteiger partial charge is 0.391 e. The van der Waals surface area contributed by atoms with E-state index in [9.17, 15) is 9.90 Å². The van der Waals surface area contributed by atoms with Crippen LogP contribution in [0.5, 0.6) is 0 Å². The number of hydrogen-bond acceptors (Lipinski definition) is 4. The number of β-amino-alcohol motifs (C(OH)–C–C–N with tert-alkyl or cyclic N) is 1. The van der Waals surface area contributed by atoms with E-state index in [0.717, 1.165) is 17.4 Å². The lowest BCUT2D eigenvalue weighted by molar-refractivity contribution is 0.0765. The number of likely N-dealkylation sites (tertiary alicyclic amines) is 1. The number of nitrogens with one attached hydrogen (secondary N) is 1. The lowest BCUT2D eigenvalue weighted by atomic mass is 10.2. The molecule has 1 amide bonds. The summed E-state index contributed by atoms with van der Waals surface area (Å²) in [5.74, 6) is 0.528. The zero-order valence-corrected chi connectivity index (χ0v) is 12.5. The Hall–Kier alpha value is -1.14. The molecular weight excluding hydrogens is 310 g/mol. The van der Waals surface area contributed by atoms with Crippen LogP contribution in [-0.4, -0.2) is 46.6 Å². The summed E-state index contributed by atoms with van der Waals surface area (Å²) in [7, 11) is 0. The highest BCUT2D eigenvalue weighted by Gasteiger charge is 2.27. The molecule has 104 valence electrons. The first-order chi connectivity index (χ1) is 9.11. The Morgan fingerprint density at radius 1 is 1.68 bits per heavy atom. The molecule has 0 spiro atoms. The number of halogens is 1. The quantitative estimate of drug-likeness (QED) is 0.886. The fourth-order valence-corrected chi connectivity index (χ4v) is 2.41. The Bertz CT molecular complexity index is 467. The van der Waals surface area contributed by atoms with Crippen molar-refractivity contribution in [1.29, 1.82) is 0 Å². The molecule has 19 heavy (non-hydrogen) atoms. The van der Waals surface area contributed by atoms with Gasteiger partial charge in [-0.15, -0.1) is 0 Å². The Balaban J connectivity index is 2.21. The molecule has 2 N–H and O–H groups in total. The lowest BCUT2D eigenvalue weighted by Gasteiger charge is -2.18. The Labute approximate surface area is 121 Å². The molecule has 0 aromatic carbocycles. The van der Waals surface area contributed by atoms with Crippen LogP contribution < -0.4 is 5.32 Å². The number of anilines is 1. The van der Waals surface area contributed by atoms with Crippen LogP contribution in [0.25, 0.3) is 0 Å². The zero-order valence-electron chi connectivity index (χ0n) is 10.9. The van der Waals surface area contributed by atoms with Crippen LogP contribution >= 0.6 is 15.9 Å². The maximum Gasteiger partial charge on any atom is 0.257 e. The van der Waals surface area contributed by atoms with Crippen molar-refractivity contribution in [2.75, 3.05) is 25.0 Å². The van der Waals surface area contributed by atoms with Crippen LogP contribution in [0.15, 0.2) is 16.7 Å². The van der Waals surface area contributed by atoms with Gasteiger partial charge in [-0.3, -0.25) is 4.79 Å². The Morgan fingerprint density at radius 2 is 2.47 bits per heavy atom. The third kappa shape index (κ3) is 3.45. The van der Waals surface area contributed by atoms with Gasteiger partial charge in [-0.05, 0) is 34.8 Å². The van der Waals surface area contributed by atoms with Crippen molar-refractivity contribution in [2.24, 2.45) is 0 Å². The summed E-state index contributed by atoms with van der Waals surface area (Å²) in [6, 6.07) is 1.78. The van der Waals surface area contributed by atoms with Gasteiger partial charge in [0.25, 0.3) is 5.91 Å². The van der Waals surface area contributed by atoms with E-state index < -0.39 is 6.10 Å². The maximum absolute atomic E-state index is 12.4. The summed E-state index contributed by atoms with van der Waals surface area (Å²) in [6.45, 7) is 3.83. The summed E-state index contributed by atoms with van der Waals surface area (Å²) in [6.07, 6.45) is 2.88. The summed E-state index contributed by atoms with van der Waals surface area (Å²) in [5, 5.41) is 12.7. The summed E-state index contributed by atoms with van der Waals surface area (Å²) in [4.78, 5) is 18.4. The molecule has 1 unspecified atom stereocenters. The zero-order chi connectivity index (χ0) is 13.8. The van der Waals surface area contributed by atoms with Gasteiger partial charge in [-0.25, -0.2) is 4.98 Å². The molecular formula is C13H18BrN3O2. The molecule has 2 heterocycles. The summed E-state index contributed by atoms with van der Waals surface area (Å²) >= 11 is 3.34. The van der Waals surface area contributed by atoms with Gasteiger partial charge in [0.05, 0.1) is 11.7 Å². The first-order valence-corrected chi connectivity index (χ1v) is 7.28. The predicted molar refractivity (Wildman–Crippen MR) is 77.2 cm³/mol. The monoisotopic (exact) mass is 327 g/mol. The van der Waals surface area contributed by atoms with Gasteiger partial charge in [0.15, 0.2) is 0 Å².